The third kappa shape index (κ3) is 9.05. The third-order valence-corrected chi connectivity index (χ3v) is 8.77. The zero-order valence-electron chi connectivity index (χ0n) is 25.7. The number of aryl methyl sites for hydroxylation is 1. The van der Waals surface area contributed by atoms with Crippen LogP contribution in [0, 0.1) is 12.7 Å². The topological polar surface area (TPSA) is 105 Å². The van der Waals surface area contributed by atoms with E-state index in [2.05, 4.69) is 10.0 Å². The number of halogens is 1. The van der Waals surface area contributed by atoms with E-state index >= 15 is 0 Å². The number of ether oxygens (including phenoxy) is 1. The van der Waals surface area contributed by atoms with Crippen molar-refractivity contribution in [3.63, 3.8) is 0 Å². The van der Waals surface area contributed by atoms with Gasteiger partial charge in [0, 0.05) is 18.8 Å². The van der Waals surface area contributed by atoms with E-state index < -0.39 is 34.4 Å². The van der Waals surface area contributed by atoms with Gasteiger partial charge in [0.15, 0.2) is 6.61 Å². The first-order valence-electron chi connectivity index (χ1n) is 14.9. The fraction of sp³-hybridized carbons (Fsp3) is 0.135. The number of amides is 2. The van der Waals surface area contributed by atoms with Crippen LogP contribution in [0.15, 0.2) is 138 Å². The second-order valence-corrected chi connectivity index (χ2v) is 12.6. The Hall–Kier alpha value is -5.48. The van der Waals surface area contributed by atoms with Crippen LogP contribution in [0.1, 0.15) is 28.3 Å². The predicted octanol–water partition coefficient (Wildman–Crippen LogP) is 6.40. The van der Waals surface area contributed by atoms with E-state index in [-0.39, 0.29) is 35.3 Å². The van der Waals surface area contributed by atoms with E-state index in [0.717, 1.165) is 28.8 Å². The third-order valence-electron chi connectivity index (χ3n) is 7.37. The zero-order chi connectivity index (χ0) is 33.2. The average molecular weight is 652 g/mol. The lowest BCUT2D eigenvalue weighted by Crippen LogP contribution is -2.45. The molecule has 1 atom stereocenters. The highest BCUT2D eigenvalue weighted by atomic mass is 32.2. The molecule has 0 aliphatic rings. The molecule has 240 valence electrons. The first-order chi connectivity index (χ1) is 22.7. The summed E-state index contributed by atoms with van der Waals surface area (Å²) >= 11 is 0. The molecule has 5 aromatic rings. The van der Waals surface area contributed by atoms with Crippen LogP contribution >= 0.6 is 0 Å². The number of nitrogens with one attached hydrogen (secondary N) is 2. The van der Waals surface area contributed by atoms with Crippen molar-refractivity contribution in [3.05, 3.63) is 162 Å². The fourth-order valence-corrected chi connectivity index (χ4v) is 5.94. The van der Waals surface area contributed by atoms with Crippen molar-refractivity contribution in [1.29, 1.82) is 0 Å². The van der Waals surface area contributed by atoms with Gasteiger partial charge in [-0.2, -0.15) is 0 Å². The second kappa shape index (κ2) is 15.2. The summed E-state index contributed by atoms with van der Waals surface area (Å²) in [5.41, 5.74) is 3.72. The number of carbonyl (C=O) groups excluding carboxylic acids is 2. The van der Waals surface area contributed by atoms with Crippen LogP contribution in [0.2, 0.25) is 0 Å². The maximum absolute atomic E-state index is 13.9. The SMILES string of the molecule is Cc1ccc(CNC(=O)[C@@H](c2ccccc2)N(Cc2ccccc2)C(=O)COc2ccc(S(=O)(=O)Nc3ccc(F)cc3)cc2)cc1. The molecular weight excluding hydrogens is 617 g/mol. The van der Waals surface area contributed by atoms with Gasteiger partial charge in [-0.15, -0.1) is 0 Å². The van der Waals surface area contributed by atoms with Gasteiger partial charge in [0.1, 0.15) is 17.6 Å². The second-order valence-electron chi connectivity index (χ2n) is 10.9. The van der Waals surface area contributed by atoms with Crippen LogP contribution in [0.3, 0.4) is 0 Å². The lowest BCUT2D eigenvalue weighted by atomic mass is 10.0. The molecular formula is C37H34FN3O5S. The summed E-state index contributed by atoms with van der Waals surface area (Å²) in [6.07, 6.45) is 0. The van der Waals surface area contributed by atoms with Crippen LogP contribution in [0.25, 0.3) is 0 Å². The van der Waals surface area contributed by atoms with E-state index in [9.17, 15) is 22.4 Å². The van der Waals surface area contributed by atoms with E-state index in [4.69, 9.17) is 4.74 Å². The van der Waals surface area contributed by atoms with E-state index in [0.29, 0.717) is 5.56 Å². The molecule has 2 amide bonds. The van der Waals surface area contributed by atoms with Crippen LogP contribution in [0.4, 0.5) is 10.1 Å². The van der Waals surface area contributed by atoms with Gasteiger partial charge in [0.25, 0.3) is 15.9 Å². The molecule has 2 N–H and O–H groups in total. The van der Waals surface area contributed by atoms with Gasteiger partial charge < -0.3 is 15.0 Å². The number of rotatable bonds is 13. The van der Waals surface area contributed by atoms with Gasteiger partial charge in [-0.3, -0.25) is 14.3 Å². The molecule has 8 nitrogen and oxygen atoms in total. The molecule has 0 heterocycles. The highest BCUT2D eigenvalue weighted by Crippen LogP contribution is 2.25. The normalized spacial score (nSPS) is 11.7. The summed E-state index contributed by atoms with van der Waals surface area (Å²) in [7, 11) is -3.95. The molecule has 0 aliphatic carbocycles. The van der Waals surface area contributed by atoms with Gasteiger partial charge in [0.2, 0.25) is 5.91 Å². The molecule has 0 spiro atoms. The predicted molar refractivity (Wildman–Crippen MR) is 178 cm³/mol. The molecule has 0 fully saturated rings. The maximum Gasteiger partial charge on any atom is 0.261 e. The molecule has 0 saturated carbocycles. The van der Waals surface area contributed by atoms with Crippen molar-refractivity contribution in [2.45, 2.75) is 31.0 Å². The minimum Gasteiger partial charge on any atom is -0.484 e. The first-order valence-corrected chi connectivity index (χ1v) is 16.4. The van der Waals surface area contributed by atoms with Crippen LogP contribution < -0.4 is 14.8 Å². The zero-order valence-corrected chi connectivity index (χ0v) is 26.5. The number of hydrogen-bond donors (Lipinski definition) is 2. The Kier molecular flexibility index (Phi) is 10.6. The molecule has 5 rings (SSSR count). The summed E-state index contributed by atoms with van der Waals surface area (Å²) < 4.78 is 47.1. The molecule has 0 unspecified atom stereocenters. The summed E-state index contributed by atoms with van der Waals surface area (Å²) in [5, 5.41) is 3.00. The van der Waals surface area contributed by atoms with Crippen molar-refractivity contribution in [3.8, 4) is 5.75 Å². The van der Waals surface area contributed by atoms with Gasteiger partial charge in [-0.1, -0.05) is 90.5 Å². The number of anilines is 1. The quantitative estimate of drug-likeness (QED) is 0.153. The molecule has 0 bridgehead atoms. The molecule has 10 heteroatoms. The number of carbonyl (C=O) groups is 2. The lowest BCUT2D eigenvalue weighted by molar-refractivity contribution is -0.143. The van der Waals surface area contributed by atoms with E-state index in [1.165, 1.54) is 41.3 Å². The monoisotopic (exact) mass is 651 g/mol. The number of sulfonamides is 1. The van der Waals surface area contributed by atoms with Crippen molar-refractivity contribution in [2.75, 3.05) is 11.3 Å². The van der Waals surface area contributed by atoms with Crippen LogP contribution in [0.5, 0.6) is 5.75 Å². The molecule has 0 aromatic heterocycles. The fourth-order valence-electron chi connectivity index (χ4n) is 4.88. The highest BCUT2D eigenvalue weighted by molar-refractivity contribution is 7.92. The standard InChI is InChI=1S/C37H34FN3O5S/c1-27-12-14-28(15-13-27)24-39-37(43)36(30-10-6-3-7-11-30)41(25-29-8-4-2-5-9-29)35(42)26-46-33-20-22-34(23-21-33)47(44,45)40-32-18-16-31(38)17-19-32/h2-23,36,40H,24-26H2,1H3,(H,39,43)/t36-/m1/s1. The molecule has 47 heavy (non-hydrogen) atoms. The smallest absolute Gasteiger partial charge is 0.261 e. The van der Waals surface area contributed by atoms with Gasteiger partial charge in [-0.25, -0.2) is 12.8 Å². The average Bonchev–Trinajstić information content (AvgIpc) is 3.09. The number of benzene rings is 5. The van der Waals surface area contributed by atoms with Crippen molar-refractivity contribution in [1.82, 2.24) is 10.2 Å². The maximum atomic E-state index is 13.9. The number of hydrogen-bond acceptors (Lipinski definition) is 5. The largest absolute Gasteiger partial charge is 0.484 e. The van der Waals surface area contributed by atoms with Crippen molar-refractivity contribution in [2.24, 2.45) is 0 Å². The van der Waals surface area contributed by atoms with Crippen molar-refractivity contribution >= 4 is 27.5 Å². The minimum absolute atomic E-state index is 0.0411. The Morgan fingerprint density at radius 1 is 0.766 bits per heavy atom. The Bertz CT molecular complexity index is 1890. The Morgan fingerprint density at radius 2 is 1.38 bits per heavy atom. The Labute approximate surface area is 273 Å². The molecule has 0 saturated heterocycles. The minimum atomic E-state index is -3.95. The molecule has 5 aromatic carbocycles. The van der Waals surface area contributed by atoms with E-state index in [1.807, 2.05) is 79.7 Å². The van der Waals surface area contributed by atoms with Gasteiger partial charge in [0.05, 0.1) is 4.90 Å². The Morgan fingerprint density at radius 3 is 2.02 bits per heavy atom. The Balaban J connectivity index is 1.34. The van der Waals surface area contributed by atoms with Crippen LogP contribution in [-0.4, -0.2) is 31.7 Å². The van der Waals surface area contributed by atoms with Crippen LogP contribution in [-0.2, 0) is 32.7 Å². The summed E-state index contributed by atoms with van der Waals surface area (Å²) in [5.74, 6) is -1.00. The molecule has 0 aliphatic heterocycles. The van der Waals surface area contributed by atoms with Gasteiger partial charge >= 0.3 is 0 Å². The van der Waals surface area contributed by atoms with E-state index in [1.54, 1.807) is 12.1 Å². The summed E-state index contributed by atoms with van der Waals surface area (Å²) in [6.45, 7) is 2.03. The number of nitrogens with zero attached hydrogens (tertiary/aromatic N) is 1. The summed E-state index contributed by atoms with van der Waals surface area (Å²) in [4.78, 5) is 29.2. The van der Waals surface area contributed by atoms with Crippen molar-refractivity contribution < 1.29 is 27.1 Å². The highest BCUT2D eigenvalue weighted by Gasteiger charge is 2.32. The lowest BCUT2D eigenvalue weighted by Gasteiger charge is -2.31. The van der Waals surface area contributed by atoms with Gasteiger partial charge in [-0.05, 0) is 72.1 Å². The first kappa shape index (κ1) is 32.9. The molecule has 0 radical (unpaired) electrons. The summed E-state index contributed by atoms with van der Waals surface area (Å²) in [6, 6.07) is 35.9.